The molecule has 0 bridgehead atoms. The van der Waals surface area contributed by atoms with Gasteiger partial charge in [0.05, 0.1) is 16.9 Å². The van der Waals surface area contributed by atoms with Gasteiger partial charge < -0.3 is 5.32 Å². The molecule has 1 fully saturated rings. The van der Waals surface area contributed by atoms with Gasteiger partial charge in [0.2, 0.25) is 0 Å². The molecule has 2 heterocycles. The van der Waals surface area contributed by atoms with Crippen molar-refractivity contribution in [3.63, 3.8) is 0 Å². The molecule has 1 N–H and O–H groups in total. The largest absolute Gasteiger partial charge is 0.418 e. The Morgan fingerprint density at radius 2 is 1.85 bits per heavy atom. The van der Waals surface area contributed by atoms with Gasteiger partial charge in [0, 0.05) is 23.0 Å². The molecular formula is C20H23ClF3N3. The molecule has 0 spiro atoms. The highest BCUT2D eigenvalue weighted by Crippen LogP contribution is 2.41. The van der Waals surface area contributed by atoms with E-state index in [9.17, 15) is 13.2 Å². The second-order valence-electron chi connectivity index (χ2n) is 7.50. The number of anilines is 1. The van der Waals surface area contributed by atoms with Crippen molar-refractivity contribution >= 4 is 17.4 Å². The van der Waals surface area contributed by atoms with Gasteiger partial charge >= 0.3 is 6.18 Å². The number of fused-ring (bicyclic) bond motifs is 1. The summed E-state index contributed by atoms with van der Waals surface area (Å²) < 4.78 is 42.5. The van der Waals surface area contributed by atoms with Crippen LogP contribution in [-0.2, 0) is 12.6 Å². The molecule has 27 heavy (non-hydrogen) atoms. The first-order valence-corrected chi connectivity index (χ1v) is 10.1. The van der Waals surface area contributed by atoms with Crippen molar-refractivity contribution in [1.82, 2.24) is 9.78 Å². The average Bonchev–Trinajstić information content (AvgIpc) is 2.83. The number of alkyl halides is 3. The number of nitrogens with one attached hydrogen (secondary N) is 1. The fourth-order valence-corrected chi connectivity index (χ4v) is 4.50. The predicted molar refractivity (Wildman–Crippen MR) is 101 cm³/mol. The van der Waals surface area contributed by atoms with Gasteiger partial charge in [0.15, 0.2) is 0 Å². The van der Waals surface area contributed by atoms with Crippen molar-refractivity contribution in [3.05, 3.63) is 40.0 Å². The van der Waals surface area contributed by atoms with E-state index in [1.165, 1.54) is 23.2 Å². The summed E-state index contributed by atoms with van der Waals surface area (Å²) in [4.78, 5) is 0. The molecule has 0 unspecified atom stereocenters. The maximum absolute atomic E-state index is 13.7. The van der Waals surface area contributed by atoms with Gasteiger partial charge in [-0.05, 0) is 50.3 Å². The van der Waals surface area contributed by atoms with Crippen molar-refractivity contribution in [2.75, 3.05) is 11.9 Å². The molecule has 3 nitrogen and oxygen atoms in total. The summed E-state index contributed by atoms with van der Waals surface area (Å²) >= 11 is 5.86. The summed E-state index contributed by atoms with van der Waals surface area (Å²) in [7, 11) is 0. The summed E-state index contributed by atoms with van der Waals surface area (Å²) in [6, 6.07) is 3.91. The van der Waals surface area contributed by atoms with E-state index >= 15 is 0 Å². The van der Waals surface area contributed by atoms with E-state index in [1.807, 2.05) is 0 Å². The van der Waals surface area contributed by atoms with Crippen LogP contribution < -0.4 is 5.32 Å². The number of halogens is 4. The average molecular weight is 398 g/mol. The summed E-state index contributed by atoms with van der Waals surface area (Å²) in [5, 5.41) is 8.16. The van der Waals surface area contributed by atoms with Crippen molar-refractivity contribution in [3.8, 4) is 5.69 Å². The maximum atomic E-state index is 13.7. The van der Waals surface area contributed by atoms with Crippen molar-refractivity contribution < 1.29 is 13.2 Å². The lowest BCUT2D eigenvalue weighted by Gasteiger charge is -2.20. The Bertz CT molecular complexity index is 823. The van der Waals surface area contributed by atoms with Crippen LogP contribution in [0.25, 0.3) is 5.69 Å². The highest BCUT2D eigenvalue weighted by Gasteiger charge is 2.36. The van der Waals surface area contributed by atoms with Crippen LogP contribution in [0.5, 0.6) is 0 Å². The third kappa shape index (κ3) is 3.68. The molecule has 2 aliphatic rings. The second-order valence-corrected chi connectivity index (χ2v) is 7.94. The molecule has 0 atom stereocenters. The van der Waals surface area contributed by atoms with Gasteiger partial charge in [-0.25, -0.2) is 4.68 Å². The normalized spacial score (nSPS) is 18.7. The minimum absolute atomic E-state index is 0.0413. The van der Waals surface area contributed by atoms with E-state index in [0.717, 1.165) is 74.6 Å². The third-order valence-corrected chi connectivity index (χ3v) is 5.88. The number of hydrogen-bond donors (Lipinski definition) is 1. The zero-order valence-corrected chi connectivity index (χ0v) is 15.8. The monoisotopic (exact) mass is 397 g/mol. The van der Waals surface area contributed by atoms with Crippen LogP contribution in [0.15, 0.2) is 18.2 Å². The van der Waals surface area contributed by atoms with Crippen LogP contribution >= 0.6 is 11.6 Å². The lowest BCUT2D eigenvalue weighted by molar-refractivity contribution is -0.137. The van der Waals surface area contributed by atoms with Crippen molar-refractivity contribution in [1.29, 1.82) is 0 Å². The molecule has 0 radical (unpaired) electrons. The summed E-state index contributed by atoms with van der Waals surface area (Å²) in [6.07, 6.45) is 4.09. The Kier molecular flexibility index (Phi) is 5.10. The van der Waals surface area contributed by atoms with Gasteiger partial charge in [-0.2, -0.15) is 18.3 Å². The Morgan fingerprint density at radius 1 is 1.07 bits per heavy atom. The Hall–Kier alpha value is -1.69. The van der Waals surface area contributed by atoms with E-state index in [1.54, 1.807) is 0 Å². The number of aromatic nitrogens is 2. The highest BCUT2D eigenvalue weighted by molar-refractivity contribution is 6.30. The zero-order chi connectivity index (χ0) is 19.0. The standard InChI is InChI=1S/C20H23ClF3N3/c21-14-9-10-17(16(12-14)20(22,23)24)27-19-15(8-4-5-11-25-19)18(26-27)13-6-2-1-3-7-13/h9-10,12-13,25H,1-8,11H2. The van der Waals surface area contributed by atoms with Gasteiger partial charge in [-0.3, -0.25) is 0 Å². The van der Waals surface area contributed by atoms with Gasteiger partial charge in [-0.15, -0.1) is 0 Å². The van der Waals surface area contributed by atoms with Gasteiger partial charge in [0.25, 0.3) is 0 Å². The Labute approximate surface area is 161 Å². The molecule has 1 saturated carbocycles. The van der Waals surface area contributed by atoms with E-state index in [-0.39, 0.29) is 10.7 Å². The van der Waals surface area contributed by atoms with Crippen molar-refractivity contribution in [2.45, 2.75) is 63.5 Å². The van der Waals surface area contributed by atoms with Crippen LogP contribution in [0.2, 0.25) is 5.02 Å². The number of benzene rings is 1. The maximum Gasteiger partial charge on any atom is 0.418 e. The molecule has 7 heteroatoms. The van der Waals surface area contributed by atoms with E-state index in [2.05, 4.69) is 5.32 Å². The number of nitrogens with zero attached hydrogens (tertiary/aromatic N) is 2. The summed E-state index contributed by atoms with van der Waals surface area (Å²) in [5.74, 6) is 1.07. The lowest BCUT2D eigenvalue weighted by Crippen LogP contribution is -2.14. The fourth-order valence-electron chi connectivity index (χ4n) is 4.33. The fraction of sp³-hybridized carbons (Fsp3) is 0.550. The minimum Gasteiger partial charge on any atom is -0.370 e. The Morgan fingerprint density at radius 3 is 2.59 bits per heavy atom. The topological polar surface area (TPSA) is 29.9 Å². The summed E-state index contributed by atoms with van der Waals surface area (Å²) in [5.41, 5.74) is 1.38. The first-order valence-electron chi connectivity index (χ1n) is 9.68. The first kappa shape index (κ1) is 18.7. The Balaban J connectivity index is 1.88. The summed E-state index contributed by atoms with van der Waals surface area (Å²) in [6.45, 7) is 0.748. The molecule has 2 aromatic rings. The molecule has 0 amide bonds. The van der Waals surface area contributed by atoms with E-state index < -0.39 is 11.7 Å². The van der Waals surface area contributed by atoms with Crippen LogP contribution in [-0.4, -0.2) is 16.3 Å². The molecule has 4 rings (SSSR count). The minimum atomic E-state index is -4.49. The molecule has 146 valence electrons. The predicted octanol–water partition coefficient (Wildman–Crippen LogP) is 6.34. The van der Waals surface area contributed by atoms with Crippen LogP contribution in [0.3, 0.4) is 0 Å². The quantitative estimate of drug-likeness (QED) is 0.640. The van der Waals surface area contributed by atoms with Crippen LogP contribution in [0.4, 0.5) is 19.0 Å². The SMILES string of the molecule is FC(F)(F)c1cc(Cl)ccc1-n1nc(C2CCCCC2)c2c1NCCCC2. The zero-order valence-electron chi connectivity index (χ0n) is 15.1. The molecule has 1 aromatic carbocycles. The molecular weight excluding hydrogens is 375 g/mol. The molecule has 1 aliphatic carbocycles. The van der Waals surface area contributed by atoms with E-state index in [0.29, 0.717) is 5.92 Å². The van der Waals surface area contributed by atoms with Gasteiger partial charge in [0.1, 0.15) is 5.82 Å². The van der Waals surface area contributed by atoms with E-state index in [4.69, 9.17) is 16.7 Å². The second kappa shape index (κ2) is 7.38. The van der Waals surface area contributed by atoms with Crippen LogP contribution in [0, 0.1) is 0 Å². The lowest BCUT2D eigenvalue weighted by atomic mass is 9.85. The number of rotatable bonds is 2. The van der Waals surface area contributed by atoms with Crippen molar-refractivity contribution in [2.24, 2.45) is 0 Å². The molecule has 1 aromatic heterocycles. The smallest absolute Gasteiger partial charge is 0.370 e. The third-order valence-electron chi connectivity index (χ3n) is 5.64. The molecule has 1 aliphatic heterocycles. The molecule has 0 saturated heterocycles. The van der Waals surface area contributed by atoms with Gasteiger partial charge in [-0.1, -0.05) is 30.9 Å². The van der Waals surface area contributed by atoms with Crippen LogP contribution in [0.1, 0.15) is 67.7 Å². The highest BCUT2D eigenvalue weighted by atomic mass is 35.5. The first-order chi connectivity index (χ1) is 12.9. The number of hydrogen-bond acceptors (Lipinski definition) is 2.